The fourth-order valence-electron chi connectivity index (χ4n) is 2.17. The Hall–Kier alpha value is -0.800. The van der Waals surface area contributed by atoms with E-state index in [-0.39, 0.29) is 11.6 Å². The average molecular weight is 287 g/mol. The maximum atomic E-state index is 12.4. The highest BCUT2D eigenvalue weighted by Crippen LogP contribution is 2.20. The summed E-state index contributed by atoms with van der Waals surface area (Å²) in [7, 11) is 0. The van der Waals surface area contributed by atoms with Crippen molar-refractivity contribution in [2.75, 3.05) is 13.1 Å². The molecule has 2 rings (SSSR count). The first-order valence-corrected chi connectivity index (χ1v) is 7.05. The molecule has 3 nitrogen and oxygen atoms in total. The third-order valence-electron chi connectivity index (χ3n) is 3.16. The van der Waals surface area contributed by atoms with Crippen molar-refractivity contribution in [2.45, 2.75) is 32.1 Å². The van der Waals surface area contributed by atoms with Crippen molar-refractivity contribution in [1.29, 1.82) is 0 Å². The van der Waals surface area contributed by atoms with Gasteiger partial charge in [-0.25, -0.2) is 4.98 Å². The molecule has 18 heavy (non-hydrogen) atoms. The lowest BCUT2D eigenvalue weighted by molar-refractivity contribution is 0.0736. The lowest BCUT2D eigenvalue weighted by Crippen LogP contribution is -2.34. The third-order valence-corrected chi connectivity index (χ3v) is 3.67. The first-order valence-electron chi connectivity index (χ1n) is 6.30. The van der Waals surface area contributed by atoms with Crippen LogP contribution in [-0.4, -0.2) is 28.9 Å². The third kappa shape index (κ3) is 3.36. The van der Waals surface area contributed by atoms with Crippen LogP contribution in [0.3, 0.4) is 0 Å². The molecule has 5 heteroatoms. The fourth-order valence-corrected chi connectivity index (χ4v) is 2.50. The number of hydrogen-bond donors (Lipinski definition) is 0. The molecule has 0 radical (unpaired) electrons. The number of halogens is 2. The molecular formula is C13H16Cl2N2O. The SMILES string of the molecule is O=C(c1nc(Cl)ccc1Cl)N1CCCCCCC1. The summed E-state index contributed by atoms with van der Waals surface area (Å²) < 4.78 is 0. The molecule has 1 aliphatic rings. The maximum absolute atomic E-state index is 12.4. The molecule has 0 saturated carbocycles. The minimum absolute atomic E-state index is 0.107. The van der Waals surface area contributed by atoms with Crippen LogP contribution in [0.1, 0.15) is 42.6 Å². The second-order valence-electron chi connectivity index (χ2n) is 4.52. The normalized spacial score (nSPS) is 17.1. The predicted molar refractivity (Wildman–Crippen MR) is 73.2 cm³/mol. The van der Waals surface area contributed by atoms with Gasteiger partial charge in [0.25, 0.3) is 5.91 Å². The van der Waals surface area contributed by atoms with Crippen molar-refractivity contribution >= 4 is 29.1 Å². The van der Waals surface area contributed by atoms with Crippen molar-refractivity contribution in [2.24, 2.45) is 0 Å². The summed E-state index contributed by atoms with van der Waals surface area (Å²) in [6, 6.07) is 3.21. The minimum atomic E-state index is -0.107. The van der Waals surface area contributed by atoms with Crippen LogP contribution >= 0.6 is 23.2 Å². The van der Waals surface area contributed by atoms with Crippen LogP contribution in [-0.2, 0) is 0 Å². The number of hydrogen-bond acceptors (Lipinski definition) is 2. The van der Waals surface area contributed by atoms with Crippen LogP contribution < -0.4 is 0 Å². The minimum Gasteiger partial charge on any atom is -0.337 e. The number of nitrogens with zero attached hydrogens (tertiary/aromatic N) is 2. The number of amides is 1. The summed E-state index contributed by atoms with van der Waals surface area (Å²) in [6.07, 6.45) is 5.72. The highest BCUT2D eigenvalue weighted by Gasteiger charge is 2.20. The first-order chi connectivity index (χ1) is 8.68. The number of aromatic nitrogens is 1. The Bertz CT molecular complexity index is 429. The molecule has 0 atom stereocenters. The van der Waals surface area contributed by atoms with E-state index >= 15 is 0 Å². The largest absolute Gasteiger partial charge is 0.337 e. The van der Waals surface area contributed by atoms with Crippen LogP contribution in [0.2, 0.25) is 10.2 Å². The smallest absolute Gasteiger partial charge is 0.274 e. The highest BCUT2D eigenvalue weighted by molar-refractivity contribution is 6.34. The molecule has 0 aliphatic carbocycles. The molecule has 1 amide bonds. The zero-order valence-electron chi connectivity index (χ0n) is 10.2. The summed E-state index contributed by atoms with van der Waals surface area (Å²) in [6.45, 7) is 1.56. The molecule has 0 unspecified atom stereocenters. The second-order valence-corrected chi connectivity index (χ2v) is 5.32. The van der Waals surface area contributed by atoms with Gasteiger partial charge < -0.3 is 4.90 Å². The molecule has 1 aromatic heterocycles. The Labute approximate surface area is 117 Å². The maximum Gasteiger partial charge on any atom is 0.274 e. The molecule has 0 bridgehead atoms. The summed E-state index contributed by atoms with van der Waals surface area (Å²) >= 11 is 11.8. The van der Waals surface area contributed by atoms with Gasteiger partial charge in [0.2, 0.25) is 0 Å². The summed E-state index contributed by atoms with van der Waals surface area (Å²) in [5, 5.41) is 0.668. The van der Waals surface area contributed by atoms with E-state index in [4.69, 9.17) is 23.2 Å². The number of likely N-dealkylation sites (tertiary alicyclic amines) is 1. The number of rotatable bonds is 1. The Morgan fingerprint density at radius 3 is 2.33 bits per heavy atom. The Balaban J connectivity index is 2.15. The number of carbonyl (C=O) groups is 1. The van der Waals surface area contributed by atoms with Crippen molar-refractivity contribution in [3.8, 4) is 0 Å². The summed E-state index contributed by atoms with van der Waals surface area (Å²) in [5.74, 6) is -0.107. The van der Waals surface area contributed by atoms with Crippen molar-refractivity contribution in [1.82, 2.24) is 9.88 Å². The van der Waals surface area contributed by atoms with E-state index in [9.17, 15) is 4.79 Å². The van der Waals surface area contributed by atoms with Gasteiger partial charge in [0, 0.05) is 13.1 Å². The second kappa shape index (κ2) is 6.39. The molecule has 1 aromatic rings. The molecule has 0 aromatic carbocycles. The molecule has 1 saturated heterocycles. The van der Waals surface area contributed by atoms with E-state index in [1.54, 1.807) is 12.1 Å². The first kappa shape index (κ1) is 13.6. The standard InChI is InChI=1S/C13H16Cl2N2O/c14-10-6-7-11(15)16-12(10)13(18)17-8-4-2-1-3-5-9-17/h6-7H,1-5,8-9H2. The van der Waals surface area contributed by atoms with Crippen LogP contribution in [0.15, 0.2) is 12.1 Å². The molecule has 98 valence electrons. The van der Waals surface area contributed by atoms with Gasteiger partial charge >= 0.3 is 0 Å². The Morgan fingerprint density at radius 2 is 1.67 bits per heavy atom. The number of carbonyl (C=O) groups excluding carboxylic acids is 1. The summed E-state index contributed by atoms with van der Waals surface area (Å²) in [5.41, 5.74) is 0.268. The molecule has 0 N–H and O–H groups in total. The zero-order valence-corrected chi connectivity index (χ0v) is 11.7. The lowest BCUT2D eigenvalue weighted by atomic mass is 10.1. The summed E-state index contributed by atoms with van der Waals surface area (Å²) in [4.78, 5) is 18.2. The van der Waals surface area contributed by atoms with Gasteiger partial charge in [0.1, 0.15) is 10.8 Å². The van der Waals surface area contributed by atoms with Gasteiger partial charge in [-0.1, -0.05) is 42.5 Å². The molecular weight excluding hydrogens is 271 g/mol. The Kier molecular flexibility index (Phi) is 4.84. The van der Waals surface area contributed by atoms with E-state index in [1.165, 1.54) is 19.3 Å². The van der Waals surface area contributed by atoms with Crippen molar-refractivity contribution < 1.29 is 4.79 Å². The van der Waals surface area contributed by atoms with Crippen molar-refractivity contribution in [3.63, 3.8) is 0 Å². The fraction of sp³-hybridized carbons (Fsp3) is 0.538. The van der Waals surface area contributed by atoms with E-state index in [0.717, 1.165) is 25.9 Å². The van der Waals surface area contributed by atoms with Gasteiger partial charge in [-0.3, -0.25) is 4.79 Å². The molecule has 0 spiro atoms. The van der Waals surface area contributed by atoms with E-state index in [0.29, 0.717) is 10.2 Å². The van der Waals surface area contributed by atoms with E-state index < -0.39 is 0 Å². The van der Waals surface area contributed by atoms with E-state index in [1.807, 2.05) is 4.90 Å². The monoisotopic (exact) mass is 286 g/mol. The lowest BCUT2D eigenvalue weighted by Gasteiger charge is -2.24. The van der Waals surface area contributed by atoms with Crippen molar-refractivity contribution in [3.05, 3.63) is 28.0 Å². The van der Waals surface area contributed by atoms with Gasteiger partial charge in [-0.2, -0.15) is 0 Å². The quantitative estimate of drug-likeness (QED) is 0.736. The molecule has 1 fully saturated rings. The van der Waals surface area contributed by atoms with Gasteiger partial charge in [-0.05, 0) is 25.0 Å². The topological polar surface area (TPSA) is 33.2 Å². The van der Waals surface area contributed by atoms with Crippen LogP contribution in [0, 0.1) is 0 Å². The van der Waals surface area contributed by atoms with E-state index in [2.05, 4.69) is 4.98 Å². The Morgan fingerprint density at radius 1 is 1.06 bits per heavy atom. The van der Waals surface area contributed by atoms with Crippen LogP contribution in [0.4, 0.5) is 0 Å². The van der Waals surface area contributed by atoms with Gasteiger partial charge in [-0.15, -0.1) is 0 Å². The number of pyridine rings is 1. The van der Waals surface area contributed by atoms with Gasteiger partial charge in [0.15, 0.2) is 0 Å². The van der Waals surface area contributed by atoms with Crippen LogP contribution in [0.5, 0.6) is 0 Å². The highest BCUT2D eigenvalue weighted by atomic mass is 35.5. The molecule has 1 aliphatic heterocycles. The van der Waals surface area contributed by atoms with Gasteiger partial charge in [0.05, 0.1) is 5.02 Å². The zero-order chi connectivity index (χ0) is 13.0. The average Bonchev–Trinajstić information content (AvgIpc) is 2.31. The van der Waals surface area contributed by atoms with Crippen LogP contribution in [0.25, 0.3) is 0 Å². The molecule has 2 heterocycles. The predicted octanol–water partition coefficient (Wildman–Crippen LogP) is 3.79.